The topological polar surface area (TPSA) is 178 Å². The molecular weight excluding hydrogens is 484 g/mol. The zero-order chi connectivity index (χ0) is 26.5. The summed E-state index contributed by atoms with van der Waals surface area (Å²) >= 11 is 0. The summed E-state index contributed by atoms with van der Waals surface area (Å²) in [6.45, 7) is 0.659. The summed E-state index contributed by atoms with van der Waals surface area (Å²) in [6.07, 6.45) is 3.80. The van der Waals surface area contributed by atoms with Gasteiger partial charge in [0.25, 0.3) is 5.91 Å². The lowest BCUT2D eigenvalue weighted by molar-refractivity contribution is -0.133. The molecule has 1 aliphatic heterocycles. The number of anilines is 1. The number of urea groups is 1. The molecule has 194 valence electrons. The van der Waals surface area contributed by atoms with Crippen molar-refractivity contribution in [2.24, 2.45) is 5.73 Å². The Labute approximate surface area is 211 Å². The van der Waals surface area contributed by atoms with Gasteiger partial charge in [-0.05, 0) is 37.1 Å². The van der Waals surface area contributed by atoms with Gasteiger partial charge in [0.1, 0.15) is 23.4 Å². The molecule has 0 bridgehead atoms. The van der Waals surface area contributed by atoms with Crippen molar-refractivity contribution in [1.29, 1.82) is 0 Å². The van der Waals surface area contributed by atoms with Crippen molar-refractivity contribution in [3.8, 4) is 11.5 Å². The van der Waals surface area contributed by atoms with Crippen LogP contribution in [0.5, 0.6) is 11.5 Å². The highest BCUT2D eigenvalue weighted by Gasteiger charge is 2.27. The Morgan fingerprint density at radius 1 is 1.14 bits per heavy atom. The maximum atomic E-state index is 12.5. The summed E-state index contributed by atoms with van der Waals surface area (Å²) < 4.78 is 11.8. The van der Waals surface area contributed by atoms with Gasteiger partial charge in [0, 0.05) is 36.9 Å². The Morgan fingerprint density at radius 2 is 1.86 bits per heavy atom. The largest absolute Gasteiger partial charge is 0.457 e. The lowest BCUT2D eigenvalue weighted by Gasteiger charge is -2.22. The second-order valence-electron chi connectivity index (χ2n) is 8.27. The number of rotatable bonds is 7. The zero-order valence-corrected chi connectivity index (χ0v) is 20.0. The molecule has 0 saturated carbocycles. The quantitative estimate of drug-likeness (QED) is 0.370. The molecule has 1 aromatic carbocycles. The first-order valence-electron chi connectivity index (χ1n) is 11.4. The van der Waals surface area contributed by atoms with E-state index in [9.17, 15) is 24.3 Å². The van der Waals surface area contributed by atoms with Gasteiger partial charge in [-0.3, -0.25) is 19.5 Å². The van der Waals surface area contributed by atoms with Gasteiger partial charge >= 0.3 is 12.1 Å². The van der Waals surface area contributed by atoms with E-state index in [0.717, 1.165) is 12.8 Å². The Hall–Kier alpha value is -4.65. The van der Waals surface area contributed by atoms with E-state index in [2.05, 4.69) is 15.6 Å². The molecule has 0 radical (unpaired) electrons. The molecule has 3 heterocycles. The molecule has 3 aromatic rings. The maximum absolute atomic E-state index is 12.5. The number of pyridine rings is 1. The third-order valence-electron chi connectivity index (χ3n) is 5.83. The van der Waals surface area contributed by atoms with Gasteiger partial charge in [-0.2, -0.15) is 0 Å². The fourth-order valence-electron chi connectivity index (χ4n) is 4.05. The summed E-state index contributed by atoms with van der Waals surface area (Å²) in [4.78, 5) is 54.5. The third kappa shape index (κ3) is 5.62. The number of aromatic nitrogens is 2. The highest BCUT2D eigenvalue weighted by molar-refractivity contribution is 6.08. The second-order valence-corrected chi connectivity index (χ2v) is 8.27. The van der Waals surface area contributed by atoms with Crippen molar-refractivity contribution >= 4 is 40.7 Å². The molecule has 1 atom stereocenters. The van der Waals surface area contributed by atoms with Crippen molar-refractivity contribution in [2.45, 2.75) is 18.9 Å². The number of primary amides is 1. The Bertz CT molecular complexity index is 1350. The average molecular weight is 511 g/mol. The molecule has 4 rings (SSSR count). The number of fused-ring (bicyclic) bond motifs is 1. The molecule has 13 heteroatoms. The number of carbonyl (C=O) groups is 4. The van der Waals surface area contributed by atoms with Crippen LogP contribution >= 0.6 is 0 Å². The molecule has 2 aromatic heterocycles. The van der Waals surface area contributed by atoms with Gasteiger partial charge in [-0.1, -0.05) is 0 Å². The first kappa shape index (κ1) is 25.4. The molecule has 1 fully saturated rings. The number of nitrogens with one attached hydrogen (secondary N) is 2. The minimum atomic E-state index is -1.07. The number of likely N-dealkylation sites (tertiary alicyclic amines) is 1. The van der Waals surface area contributed by atoms with Crippen molar-refractivity contribution in [3.63, 3.8) is 0 Å². The van der Waals surface area contributed by atoms with Crippen LogP contribution in [0.15, 0.2) is 42.7 Å². The van der Waals surface area contributed by atoms with Crippen LogP contribution in [0.25, 0.3) is 10.9 Å². The predicted molar refractivity (Wildman–Crippen MR) is 131 cm³/mol. The molecule has 37 heavy (non-hydrogen) atoms. The number of ether oxygens (including phenoxy) is 2. The first-order valence-corrected chi connectivity index (χ1v) is 11.4. The van der Waals surface area contributed by atoms with Gasteiger partial charge in [0.15, 0.2) is 0 Å². The predicted octanol–water partition coefficient (Wildman–Crippen LogP) is 1.65. The number of aliphatic hydroxyl groups is 1. The third-order valence-corrected chi connectivity index (χ3v) is 5.83. The summed E-state index contributed by atoms with van der Waals surface area (Å²) in [5.41, 5.74) is 5.98. The molecule has 5 N–H and O–H groups in total. The van der Waals surface area contributed by atoms with Crippen LogP contribution in [0.3, 0.4) is 0 Å². The fourth-order valence-corrected chi connectivity index (χ4v) is 4.05. The van der Waals surface area contributed by atoms with Gasteiger partial charge < -0.3 is 30.5 Å². The standard InChI is InChI=1S/C24H26N6O7/c1-36-24(35)30-12-17(21(25)32)16-10-14(4-5-19(16)30)37-15-6-7-26-20(11-15)28-23(34)27-18(13-31)22(33)29-8-2-3-9-29/h4-7,10-12,18,31H,2-3,8-9,13H2,1H3,(H2,25,32)(H2,26,27,28,34)/t18-/m0/s1. The van der Waals surface area contributed by atoms with Crippen molar-refractivity contribution < 1.29 is 33.8 Å². The van der Waals surface area contributed by atoms with Crippen LogP contribution in [0, 0.1) is 0 Å². The highest BCUT2D eigenvalue weighted by Crippen LogP contribution is 2.29. The number of nitrogens with two attached hydrogens (primary N) is 1. The zero-order valence-electron chi connectivity index (χ0n) is 20.0. The minimum Gasteiger partial charge on any atom is -0.457 e. The van der Waals surface area contributed by atoms with Crippen LogP contribution in [0.1, 0.15) is 23.2 Å². The van der Waals surface area contributed by atoms with E-state index in [1.807, 2.05) is 0 Å². The normalized spacial score (nSPS) is 13.7. The maximum Gasteiger partial charge on any atom is 0.418 e. The minimum absolute atomic E-state index is 0.113. The number of benzene rings is 1. The highest BCUT2D eigenvalue weighted by atomic mass is 16.5. The molecule has 1 aliphatic rings. The number of amides is 4. The smallest absolute Gasteiger partial charge is 0.418 e. The molecule has 13 nitrogen and oxygen atoms in total. The summed E-state index contributed by atoms with van der Waals surface area (Å²) in [5.74, 6) is -0.293. The fraction of sp³-hybridized carbons (Fsp3) is 0.292. The van der Waals surface area contributed by atoms with Gasteiger partial charge in [-0.25, -0.2) is 14.6 Å². The number of carbonyl (C=O) groups excluding carboxylic acids is 4. The molecule has 1 saturated heterocycles. The second kappa shape index (κ2) is 11.0. The SMILES string of the molecule is COC(=O)n1cc(C(N)=O)c2cc(Oc3ccnc(NC(=O)N[C@@H](CO)C(=O)N4CCCC4)c3)ccc21. The van der Waals surface area contributed by atoms with Gasteiger partial charge in [0.05, 0.1) is 24.8 Å². The molecule has 0 spiro atoms. The van der Waals surface area contributed by atoms with E-state index >= 15 is 0 Å². The van der Waals surface area contributed by atoms with E-state index < -0.39 is 30.7 Å². The van der Waals surface area contributed by atoms with Gasteiger partial charge in [-0.15, -0.1) is 0 Å². The lowest BCUT2D eigenvalue weighted by atomic mass is 10.1. The van der Waals surface area contributed by atoms with E-state index in [1.54, 1.807) is 29.2 Å². The Balaban J connectivity index is 1.47. The number of hydrogen-bond donors (Lipinski definition) is 4. The van der Waals surface area contributed by atoms with Crippen LogP contribution in [0.4, 0.5) is 15.4 Å². The van der Waals surface area contributed by atoms with Crippen LogP contribution in [-0.4, -0.2) is 76.3 Å². The number of methoxy groups -OCH3 is 1. The molecular formula is C24H26N6O7. The summed E-state index contributed by atoms with van der Waals surface area (Å²) in [7, 11) is 1.22. The van der Waals surface area contributed by atoms with E-state index in [0.29, 0.717) is 35.5 Å². The number of hydrogen-bond acceptors (Lipinski definition) is 8. The van der Waals surface area contributed by atoms with Crippen LogP contribution in [0.2, 0.25) is 0 Å². The number of aliphatic hydroxyl groups excluding tert-OH is 1. The first-order chi connectivity index (χ1) is 17.8. The summed E-state index contributed by atoms with van der Waals surface area (Å²) in [6, 6.07) is 5.93. The van der Waals surface area contributed by atoms with E-state index in [4.69, 9.17) is 15.2 Å². The van der Waals surface area contributed by atoms with Crippen molar-refractivity contribution in [1.82, 2.24) is 19.8 Å². The molecule has 4 amide bonds. The Morgan fingerprint density at radius 3 is 2.54 bits per heavy atom. The van der Waals surface area contributed by atoms with Crippen LogP contribution < -0.4 is 21.1 Å². The molecule has 0 unspecified atom stereocenters. The lowest BCUT2D eigenvalue weighted by Crippen LogP contribution is -2.50. The monoisotopic (exact) mass is 510 g/mol. The van der Waals surface area contributed by atoms with Crippen molar-refractivity contribution in [3.05, 3.63) is 48.3 Å². The van der Waals surface area contributed by atoms with Crippen LogP contribution in [-0.2, 0) is 9.53 Å². The average Bonchev–Trinajstić information content (AvgIpc) is 3.55. The Kier molecular flexibility index (Phi) is 7.53. The van der Waals surface area contributed by atoms with Gasteiger partial charge in [0.2, 0.25) is 5.91 Å². The number of nitrogens with zero attached hydrogens (tertiary/aromatic N) is 3. The van der Waals surface area contributed by atoms with E-state index in [-0.39, 0.29) is 17.3 Å². The molecule has 0 aliphatic carbocycles. The van der Waals surface area contributed by atoms with E-state index in [1.165, 1.54) is 30.1 Å². The summed E-state index contributed by atoms with van der Waals surface area (Å²) in [5, 5.41) is 14.9. The van der Waals surface area contributed by atoms with Crippen molar-refractivity contribution in [2.75, 3.05) is 32.1 Å².